The van der Waals surface area contributed by atoms with Gasteiger partial charge in [-0.3, -0.25) is 13.9 Å². The number of hydrogen-bond acceptors (Lipinski definition) is 4. The number of sulfonamides is 1. The van der Waals surface area contributed by atoms with E-state index < -0.39 is 34.1 Å². The van der Waals surface area contributed by atoms with Crippen LogP contribution < -0.4 is 9.62 Å². The number of rotatable bonds is 10. The SMILES string of the molecule is Cc1ccc(S(=O)(=O)N(CC(=O)N(CCc2ccccc2)C(C)C(=O)NC(C)(C)C)c2ccc(Br)cc2)cc1. The van der Waals surface area contributed by atoms with E-state index >= 15 is 0 Å². The maximum atomic E-state index is 13.9. The Labute approximate surface area is 240 Å². The molecule has 0 bridgehead atoms. The van der Waals surface area contributed by atoms with E-state index in [1.54, 1.807) is 43.3 Å². The van der Waals surface area contributed by atoms with E-state index in [-0.39, 0.29) is 17.3 Å². The lowest BCUT2D eigenvalue weighted by atomic mass is 10.1. The average Bonchev–Trinajstić information content (AvgIpc) is 2.87. The highest BCUT2D eigenvalue weighted by atomic mass is 79.9. The van der Waals surface area contributed by atoms with Crippen molar-refractivity contribution in [2.24, 2.45) is 0 Å². The molecule has 1 atom stereocenters. The van der Waals surface area contributed by atoms with Crippen LogP contribution in [-0.4, -0.2) is 49.8 Å². The zero-order chi connectivity index (χ0) is 28.8. The summed E-state index contributed by atoms with van der Waals surface area (Å²) in [6.45, 7) is 8.95. The molecule has 0 fully saturated rings. The summed E-state index contributed by atoms with van der Waals surface area (Å²) in [5.74, 6) is -0.776. The Morgan fingerprint density at radius 3 is 2.08 bits per heavy atom. The molecule has 0 aliphatic heterocycles. The minimum absolute atomic E-state index is 0.0816. The molecule has 0 radical (unpaired) electrons. The van der Waals surface area contributed by atoms with Crippen molar-refractivity contribution in [2.75, 3.05) is 17.4 Å². The number of hydrogen-bond donors (Lipinski definition) is 1. The monoisotopic (exact) mass is 613 g/mol. The smallest absolute Gasteiger partial charge is 0.264 e. The summed E-state index contributed by atoms with van der Waals surface area (Å²) in [7, 11) is -4.08. The van der Waals surface area contributed by atoms with Crippen LogP contribution in [-0.2, 0) is 26.0 Å². The number of aryl methyl sites for hydroxylation is 1. The van der Waals surface area contributed by atoms with Crippen LogP contribution in [0.4, 0.5) is 5.69 Å². The van der Waals surface area contributed by atoms with Gasteiger partial charge in [0.25, 0.3) is 10.0 Å². The van der Waals surface area contributed by atoms with Gasteiger partial charge in [-0.25, -0.2) is 8.42 Å². The predicted octanol–water partition coefficient (Wildman–Crippen LogP) is 5.33. The first kappa shape index (κ1) is 30.4. The van der Waals surface area contributed by atoms with Crippen LogP contribution >= 0.6 is 15.9 Å². The fraction of sp³-hybridized carbons (Fsp3) is 0.333. The lowest BCUT2D eigenvalue weighted by Crippen LogP contribution is -2.55. The van der Waals surface area contributed by atoms with Gasteiger partial charge in [-0.05, 0) is 83.0 Å². The zero-order valence-corrected chi connectivity index (χ0v) is 25.4. The van der Waals surface area contributed by atoms with Crippen LogP contribution in [0.5, 0.6) is 0 Å². The second kappa shape index (κ2) is 12.8. The Balaban J connectivity index is 1.98. The minimum Gasteiger partial charge on any atom is -0.350 e. The average molecular weight is 615 g/mol. The molecule has 0 saturated carbocycles. The van der Waals surface area contributed by atoms with Crippen molar-refractivity contribution in [1.82, 2.24) is 10.2 Å². The first-order valence-corrected chi connectivity index (χ1v) is 15.0. The highest BCUT2D eigenvalue weighted by Gasteiger charge is 2.33. The third-order valence-electron chi connectivity index (χ3n) is 6.15. The second-order valence-corrected chi connectivity index (χ2v) is 13.3. The summed E-state index contributed by atoms with van der Waals surface area (Å²) in [4.78, 5) is 28.6. The quantitative estimate of drug-likeness (QED) is 0.335. The van der Waals surface area contributed by atoms with Gasteiger partial charge < -0.3 is 10.2 Å². The molecule has 3 aromatic rings. The molecule has 0 saturated heterocycles. The highest BCUT2D eigenvalue weighted by Crippen LogP contribution is 2.26. The molecule has 3 rings (SSSR count). The summed E-state index contributed by atoms with van der Waals surface area (Å²) >= 11 is 3.39. The molecule has 0 aliphatic rings. The number of carbonyl (C=O) groups is 2. The van der Waals surface area contributed by atoms with Crippen molar-refractivity contribution in [3.8, 4) is 0 Å². The molecule has 0 aliphatic carbocycles. The summed E-state index contributed by atoms with van der Waals surface area (Å²) in [5, 5.41) is 2.94. The van der Waals surface area contributed by atoms with Gasteiger partial charge in [0.2, 0.25) is 11.8 Å². The van der Waals surface area contributed by atoms with Crippen LogP contribution in [0, 0.1) is 6.92 Å². The topological polar surface area (TPSA) is 86.8 Å². The number of carbonyl (C=O) groups excluding carboxylic acids is 2. The van der Waals surface area contributed by atoms with Crippen molar-refractivity contribution in [3.05, 3.63) is 94.5 Å². The molecular formula is C30H36BrN3O4S. The molecule has 1 N–H and O–H groups in total. The zero-order valence-electron chi connectivity index (χ0n) is 23.0. The minimum atomic E-state index is -4.08. The molecule has 208 valence electrons. The van der Waals surface area contributed by atoms with E-state index in [4.69, 9.17) is 0 Å². The summed E-state index contributed by atoms with van der Waals surface area (Å²) in [6.07, 6.45) is 0.517. The van der Waals surface area contributed by atoms with Gasteiger partial charge in [0.1, 0.15) is 12.6 Å². The first-order valence-electron chi connectivity index (χ1n) is 12.8. The lowest BCUT2D eigenvalue weighted by molar-refractivity contribution is -0.139. The largest absolute Gasteiger partial charge is 0.350 e. The molecule has 0 heterocycles. The Hall–Kier alpha value is -3.17. The van der Waals surface area contributed by atoms with Gasteiger partial charge in [0.15, 0.2) is 0 Å². The summed E-state index contributed by atoms with van der Waals surface area (Å²) in [5.41, 5.74) is 1.79. The maximum absolute atomic E-state index is 13.9. The fourth-order valence-corrected chi connectivity index (χ4v) is 5.70. The van der Waals surface area contributed by atoms with Crippen molar-refractivity contribution in [1.29, 1.82) is 0 Å². The van der Waals surface area contributed by atoms with Gasteiger partial charge in [-0.15, -0.1) is 0 Å². The predicted molar refractivity (Wildman–Crippen MR) is 159 cm³/mol. The van der Waals surface area contributed by atoms with Crippen LogP contribution in [0.15, 0.2) is 88.2 Å². The number of benzene rings is 3. The number of nitrogens with one attached hydrogen (secondary N) is 1. The third kappa shape index (κ3) is 8.41. The molecule has 7 nitrogen and oxygen atoms in total. The van der Waals surface area contributed by atoms with Crippen LogP contribution in [0.3, 0.4) is 0 Å². The second-order valence-electron chi connectivity index (χ2n) is 10.5. The van der Waals surface area contributed by atoms with Gasteiger partial charge in [0.05, 0.1) is 10.6 Å². The van der Waals surface area contributed by atoms with Crippen LogP contribution in [0.1, 0.15) is 38.8 Å². The van der Waals surface area contributed by atoms with Crippen molar-refractivity contribution in [3.63, 3.8) is 0 Å². The van der Waals surface area contributed by atoms with E-state index in [1.165, 1.54) is 17.0 Å². The highest BCUT2D eigenvalue weighted by molar-refractivity contribution is 9.10. The van der Waals surface area contributed by atoms with Crippen LogP contribution in [0.25, 0.3) is 0 Å². The normalized spacial score (nSPS) is 12.5. The van der Waals surface area contributed by atoms with E-state index in [9.17, 15) is 18.0 Å². The summed E-state index contributed by atoms with van der Waals surface area (Å²) in [6, 6.07) is 22.1. The van der Waals surface area contributed by atoms with E-state index in [0.717, 1.165) is 19.9 Å². The molecule has 3 aromatic carbocycles. The molecule has 0 aromatic heterocycles. The fourth-order valence-electron chi connectivity index (χ4n) is 4.02. The Morgan fingerprint density at radius 1 is 0.923 bits per heavy atom. The molecule has 1 unspecified atom stereocenters. The van der Waals surface area contributed by atoms with E-state index in [0.29, 0.717) is 12.1 Å². The summed E-state index contributed by atoms with van der Waals surface area (Å²) < 4.78 is 29.5. The molecule has 39 heavy (non-hydrogen) atoms. The lowest BCUT2D eigenvalue weighted by Gasteiger charge is -2.33. The molecule has 9 heteroatoms. The first-order chi connectivity index (χ1) is 18.3. The number of halogens is 1. The van der Waals surface area contributed by atoms with Crippen molar-refractivity contribution in [2.45, 2.75) is 57.5 Å². The standard InChI is InChI=1S/C30H36BrN3O4S/c1-22-11-17-27(18-12-22)39(37,38)34(26-15-13-25(31)14-16-26)21-28(35)33(20-19-24-9-7-6-8-10-24)23(2)29(36)32-30(3,4)5/h6-18,23H,19-21H2,1-5H3,(H,32,36). The van der Waals surface area contributed by atoms with Gasteiger partial charge in [0, 0.05) is 16.6 Å². The maximum Gasteiger partial charge on any atom is 0.264 e. The van der Waals surface area contributed by atoms with Crippen molar-refractivity contribution >= 4 is 43.5 Å². The van der Waals surface area contributed by atoms with Crippen molar-refractivity contribution < 1.29 is 18.0 Å². The Kier molecular flexibility index (Phi) is 9.96. The third-order valence-corrected chi connectivity index (χ3v) is 8.47. The van der Waals surface area contributed by atoms with Gasteiger partial charge >= 0.3 is 0 Å². The molecular weight excluding hydrogens is 578 g/mol. The van der Waals surface area contributed by atoms with Gasteiger partial charge in [-0.2, -0.15) is 0 Å². The Morgan fingerprint density at radius 2 is 1.51 bits per heavy atom. The Bertz CT molecular complexity index is 1370. The number of amides is 2. The van der Waals surface area contributed by atoms with Gasteiger partial charge in [-0.1, -0.05) is 64.0 Å². The van der Waals surface area contributed by atoms with E-state index in [2.05, 4.69) is 21.2 Å². The molecule has 0 spiro atoms. The molecule has 2 amide bonds. The number of nitrogens with zero attached hydrogens (tertiary/aromatic N) is 2. The van der Waals surface area contributed by atoms with Crippen LogP contribution in [0.2, 0.25) is 0 Å². The number of anilines is 1. The van der Waals surface area contributed by atoms with E-state index in [1.807, 2.05) is 58.0 Å².